The van der Waals surface area contributed by atoms with Gasteiger partial charge in [-0.2, -0.15) is 0 Å². The maximum absolute atomic E-state index is 13.0. The highest BCUT2D eigenvalue weighted by molar-refractivity contribution is 7.89. The molecule has 5 nitrogen and oxygen atoms in total. The number of sulfonamides is 1. The van der Waals surface area contributed by atoms with Crippen LogP contribution in [-0.2, 0) is 14.8 Å². The number of rotatable bonds is 3. The molecule has 16 heavy (non-hydrogen) atoms. The highest BCUT2D eigenvalue weighted by Gasteiger charge is 2.11. The smallest absolute Gasteiger partial charge is 0.239 e. The maximum atomic E-state index is 13.0. The Morgan fingerprint density at radius 3 is 2.56 bits per heavy atom. The van der Waals surface area contributed by atoms with Crippen LogP contribution in [0.15, 0.2) is 23.1 Å². The second-order valence-electron chi connectivity index (χ2n) is 2.90. The fourth-order valence-electron chi connectivity index (χ4n) is 0.994. The first-order valence-electron chi connectivity index (χ1n) is 4.02. The van der Waals surface area contributed by atoms with Gasteiger partial charge in [-0.05, 0) is 18.2 Å². The van der Waals surface area contributed by atoms with Crippen LogP contribution in [0.5, 0.6) is 0 Å². The molecular formula is C8H8ClFN2O3S. The Morgan fingerprint density at radius 1 is 1.44 bits per heavy atom. The molecule has 1 aromatic rings. The highest BCUT2D eigenvalue weighted by atomic mass is 35.5. The Labute approximate surface area is 96.4 Å². The molecule has 0 aliphatic heterocycles. The molecule has 0 fully saturated rings. The summed E-state index contributed by atoms with van der Waals surface area (Å²) in [4.78, 5) is 10.5. The van der Waals surface area contributed by atoms with Crippen molar-refractivity contribution in [3.8, 4) is 0 Å². The van der Waals surface area contributed by atoms with E-state index in [1.807, 2.05) is 0 Å². The average Bonchev–Trinajstić information content (AvgIpc) is 2.15. The van der Waals surface area contributed by atoms with Gasteiger partial charge in [0.1, 0.15) is 11.7 Å². The molecule has 0 bridgehead atoms. The Hall–Kier alpha value is -1.18. The van der Waals surface area contributed by atoms with Gasteiger partial charge in [0.15, 0.2) is 0 Å². The third-order valence-corrected chi connectivity index (χ3v) is 2.74. The highest BCUT2D eigenvalue weighted by Crippen LogP contribution is 2.17. The first kappa shape index (κ1) is 12.9. The van der Waals surface area contributed by atoms with E-state index >= 15 is 0 Å². The molecular weight excluding hydrogens is 259 g/mol. The number of halogens is 2. The average molecular weight is 267 g/mol. The van der Waals surface area contributed by atoms with Gasteiger partial charge in [-0.15, -0.1) is 11.6 Å². The Bertz CT molecular complexity index is 518. The molecule has 0 saturated heterocycles. The van der Waals surface area contributed by atoms with E-state index in [0.29, 0.717) is 0 Å². The number of nitrogens with one attached hydrogen (secondary N) is 1. The van der Waals surface area contributed by atoms with Gasteiger partial charge in [0.05, 0.1) is 4.90 Å². The van der Waals surface area contributed by atoms with Crippen molar-refractivity contribution in [1.82, 2.24) is 0 Å². The Kier molecular flexibility index (Phi) is 3.84. The lowest BCUT2D eigenvalue weighted by atomic mass is 10.3. The number of hydrogen-bond donors (Lipinski definition) is 2. The molecule has 3 N–H and O–H groups in total. The summed E-state index contributed by atoms with van der Waals surface area (Å²) in [6, 6.07) is 2.76. The molecule has 1 amide bonds. The summed E-state index contributed by atoms with van der Waals surface area (Å²) < 4.78 is 34.9. The number of benzene rings is 1. The van der Waals surface area contributed by atoms with E-state index in [2.05, 4.69) is 5.32 Å². The fourth-order valence-corrected chi connectivity index (χ4v) is 1.63. The van der Waals surface area contributed by atoms with Crippen molar-refractivity contribution in [1.29, 1.82) is 0 Å². The first-order chi connectivity index (χ1) is 7.32. The number of primary sulfonamides is 1. The molecule has 0 spiro atoms. The van der Waals surface area contributed by atoms with Crippen molar-refractivity contribution in [2.75, 3.05) is 11.2 Å². The van der Waals surface area contributed by atoms with E-state index in [4.69, 9.17) is 16.7 Å². The Balaban J connectivity index is 3.14. The maximum Gasteiger partial charge on any atom is 0.239 e. The summed E-state index contributed by atoms with van der Waals surface area (Å²) >= 11 is 5.22. The van der Waals surface area contributed by atoms with E-state index in [1.165, 1.54) is 0 Å². The topological polar surface area (TPSA) is 89.3 Å². The van der Waals surface area contributed by atoms with Crippen LogP contribution in [-0.4, -0.2) is 20.2 Å². The number of carbonyl (C=O) groups is 1. The minimum absolute atomic E-state index is 0.0188. The van der Waals surface area contributed by atoms with Crippen LogP contribution in [0.3, 0.4) is 0 Å². The van der Waals surface area contributed by atoms with E-state index in [0.717, 1.165) is 18.2 Å². The zero-order valence-electron chi connectivity index (χ0n) is 7.91. The largest absolute Gasteiger partial charge is 0.325 e. The summed E-state index contributed by atoms with van der Waals surface area (Å²) in [7, 11) is -4.01. The van der Waals surface area contributed by atoms with Crippen LogP contribution >= 0.6 is 11.6 Å². The van der Waals surface area contributed by atoms with Gasteiger partial charge in [-0.1, -0.05) is 0 Å². The molecule has 88 valence electrons. The quantitative estimate of drug-likeness (QED) is 0.787. The zero-order valence-corrected chi connectivity index (χ0v) is 9.48. The van der Waals surface area contributed by atoms with Crippen molar-refractivity contribution in [2.45, 2.75) is 4.90 Å². The number of alkyl halides is 1. The third kappa shape index (κ3) is 3.44. The molecule has 0 aliphatic rings. The lowest BCUT2D eigenvalue weighted by molar-refractivity contribution is -0.113. The lowest BCUT2D eigenvalue weighted by Crippen LogP contribution is -2.15. The molecule has 0 radical (unpaired) electrons. The summed E-state index contributed by atoms with van der Waals surface area (Å²) in [6.07, 6.45) is 0. The van der Waals surface area contributed by atoms with Gasteiger partial charge in [-0.25, -0.2) is 17.9 Å². The van der Waals surface area contributed by atoms with Crippen LogP contribution in [0.2, 0.25) is 0 Å². The van der Waals surface area contributed by atoms with E-state index in [1.54, 1.807) is 0 Å². The van der Waals surface area contributed by atoms with Crippen LogP contribution < -0.4 is 10.5 Å². The number of amides is 1. The van der Waals surface area contributed by atoms with Crippen molar-refractivity contribution in [3.05, 3.63) is 24.0 Å². The van der Waals surface area contributed by atoms with Gasteiger partial charge in [0, 0.05) is 5.69 Å². The van der Waals surface area contributed by atoms with E-state index in [-0.39, 0.29) is 11.6 Å². The van der Waals surface area contributed by atoms with E-state index in [9.17, 15) is 17.6 Å². The van der Waals surface area contributed by atoms with Crippen molar-refractivity contribution < 1.29 is 17.6 Å². The second-order valence-corrected chi connectivity index (χ2v) is 4.73. The predicted octanol–water partition coefficient (Wildman–Crippen LogP) is 0.650. The van der Waals surface area contributed by atoms with Crippen LogP contribution in [0, 0.1) is 5.82 Å². The molecule has 0 unspecified atom stereocenters. The predicted molar refractivity (Wildman–Crippen MR) is 57.1 cm³/mol. The number of carbonyl (C=O) groups excluding carboxylic acids is 1. The Morgan fingerprint density at radius 2 is 2.06 bits per heavy atom. The molecule has 0 aliphatic carbocycles. The molecule has 1 rings (SSSR count). The third-order valence-electron chi connectivity index (χ3n) is 1.60. The zero-order chi connectivity index (χ0) is 12.3. The van der Waals surface area contributed by atoms with Gasteiger partial charge in [-0.3, -0.25) is 4.79 Å². The summed E-state index contributed by atoms with van der Waals surface area (Å²) in [5.41, 5.74) is -0.0188. The van der Waals surface area contributed by atoms with Crippen molar-refractivity contribution in [3.63, 3.8) is 0 Å². The number of nitrogens with two attached hydrogens (primary N) is 1. The number of anilines is 1. The first-order valence-corrected chi connectivity index (χ1v) is 6.10. The fraction of sp³-hybridized carbons (Fsp3) is 0.125. The van der Waals surface area contributed by atoms with E-state index < -0.39 is 26.6 Å². The monoisotopic (exact) mass is 266 g/mol. The number of hydrogen-bond acceptors (Lipinski definition) is 3. The SMILES string of the molecule is NS(=O)(=O)c1cc(F)cc(NC(=O)CCl)c1. The second kappa shape index (κ2) is 4.77. The molecule has 0 atom stereocenters. The van der Waals surface area contributed by atoms with Crippen LogP contribution in [0.25, 0.3) is 0 Å². The molecule has 8 heteroatoms. The van der Waals surface area contributed by atoms with Crippen LogP contribution in [0.4, 0.5) is 10.1 Å². The molecule has 0 aromatic heterocycles. The van der Waals surface area contributed by atoms with Gasteiger partial charge >= 0.3 is 0 Å². The van der Waals surface area contributed by atoms with Gasteiger partial charge in [0.2, 0.25) is 15.9 Å². The van der Waals surface area contributed by atoms with Crippen molar-refractivity contribution >= 4 is 33.2 Å². The minimum Gasteiger partial charge on any atom is -0.325 e. The summed E-state index contributed by atoms with van der Waals surface area (Å²) in [5, 5.41) is 7.04. The normalized spacial score (nSPS) is 11.2. The standard InChI is InChI=1S/C8H8ClFN2O3S/c9-4-8(13)12-6-1-5(10)2-7(3-6)16(11,14)15/h1-3H,4H2,(H,12,13)(H2,11,14,15). The molecule has 1 aromatic carbocycles. The molecule has 0 heterocycles. The van der Waals surface area contributed by atoms with Crippen molar-refractivity contribution in [2.24, 2.45) is 5.14 Å². The summed E-state index contributed by atoms with van der Waals surface area (Å²) in [5.74, 6) is -1.72. The van der Waals surface area contributed by atoms with Gasteiger partial charge < -0.3 is 5.32 Å². The molecule has 0 saturated carbocycles. The van der Waals surface area contributed by atoms with Crippen LogP contribution in [0.1, 0.15) is 0 Å². The lowest BCUT2D eigenvalue weighted by Gasteiger charge is -2.05. The minimum atomic E-state index is -4.01. The summed E-state index contributed by atoms with van der Waals surface area (Å²) in [6.45, 7) is 0. The van der Waals surface area contributed by atoms with Gasteiger partial charge in [0.25, 0.3) is 0 Å².